The van der Waals surface area contributed by atoms with Gasteiger partial charge in [-0.05, 0) is 48.0 Å². The third-order valence-electron chi connectivity index (χ3n) is 12.1. The highest BCUT2D eigenvalue weighted by atomic mass is 15.2. The molecule has 282 valence electrons. The zero-order valence-electron chi connectivity index (χ0n) is 32.7. The number of pyridine rings is 1. The van der Waals surface area contributed by atoms with Gasteiger partial charge in [0.15, 0.2) is 5.82 Å². The van der Waals surface area contributed by atoms with E-state index in [1.807, 2.05) is 30.3 Å². The lowest BCUT2D eigenvalue weighted by Gasteiger charge is -2.26. The predicted molar refractivity (Wildman–Crippen MR) is 248 cm³/mol. The topological polar surface area (TPSA) is 75.3 Å². The van der Waals surface area contributed by atoms with E-state index >= 15 is 0 Å². The van der Waals surface area contributed by atoms with Crippen molar-refractivity contribution in [3.8, 4) is 51.7 Å². The van der Waals surface area contributed by atoms with Crippen molar-refractivity contribution in [3.63, 3.8) is 0 Å². The Morgan fingerprint density at radius 2 is 0.738 bits per heavy atom. The first kappa shape index (κ1) is 34.3. The molecule has 0 saturated heterocycles. The van der Waals surface area contributed by atoms with Crippen molar-refractivity contribution >= 4 is 65.4 Å². The Labute approximate surface area is 350 Å². The van der Waals surface area contributed by atoms with Crippen molar-refractivity contribution < 1.29 is 0 Å². The summed E-state index contributed by atoms with van der Waals surface area (Å²) in [5, 5.41) is 28.4. The summed E-state index contributed by atoms with van der Waals surface area (Å²) < 4.78 is 6.90. The van der Waals surface area contributed by atoms with Crippen LogP contribution < -0.4 is 0 Å². The van der Waals surface area contributed by atoms with Gasteiger partial charge >= 0.3 is 0 Å². The van der Waals surface area contributed by atoms with Crippen LogP contribution in [-0.4, -0.2) is 18.7 Å². The molecule has 6 heteroatoms. The number of rotatable bonds is 5. The van der Waals surface area contributed by atoms with E-state index in [9.17, 15) is 10.5 Å². The number of benzene rings is 8. The molecule has 0 radical (unpaired) electrons. The van der Waals surface area contributed by atoms with Gasteiger partial charge in [-0.25, -0.2) is 4.98 Å². The number of nitrogens with zero attached hydrogens (tertiary/aromatic N) is 6. The summed E-state index contributed by atoms with van der Waals surface area (Å²) in [6.07, 6.45) is 0. The van der Waals surface area contributed by atoms with E-state index in [2.05, 4.69) is 184 Å². The first-order chi connectivity index (χ1) is 30.2. The lowest BCUT2D eigenvalue weighted by atomic mass is 9.89. The third-order valence-corrected chi connectivity index (χ3v) is 12.1. The van der Waals surface area contributed by atoms with Crippen LogP contribution >= 0.6 is 0 Å². The molecule has 0 aliphatic rings. The highest BCUT2D eigenvalue weighted by Crippen LogP contribution is 2.49. The highest BCUT2D eigenvalue weighted by Gasteiger charge is 2.32. The van der Waals surface area contributed by atoms with Crippen LogP contribution in [-0.2, 0) is 0 Å². The van der Waals surface area contributed by atoms with Crippen LogP contribution in [0.2, 0.25) is 0 Å². The largest absolute Gasteiger partial charge is 0.305 e. The van der Waals surface area contributed by atoms with Crippen LogP contribution in [0.4, 0.5) is 0 Å². The van der Waals surface area contributed by atoms with E-state index in [1.165, 1.54) is 0 Å². The summed E-state index contributed by atoms with van der Waals surface area (Å²) in [7, 11) is 0. The van der Waals surface area contributed by atoms with Gasteiger partial charge in [-0.1, -0.05) is 152 Å². The van der Waals surface area contributed by atoms with Crippen molar-refractivity contribution in [2.75, 3.05) is 0 Å². The molecule has 0 unspecified atom stereocenters. The van der Waals surface area contributed by atoms with Crippen LogP contribution in [0.1, 0.15) is 11.1 Å². The van der Waals surface area contributed by atoms with Gasteiger partial charge < -0.3 is 4.57 Å². The van der Waals surface area contributed by atoms with E-state index in [0.717, 1.165) is 87.8 Å². The van der Waals surface area contributed by atoms with Gasteiger partial charge in [-0.15, -0.1) is 0 Å². The average molecular weight is 777 g/mol. The molecule has 4 heterocycles. The Bertz CT molecular complexity index is 3690. The highest BCUT2D eigenvalue weighted by molar-refractivity contribution is 6.14. The Hall–Kier alpha value is -8.71. The second kappa shape index (κ2) is 13.4. The van der Waals surface area contributed by atoms with Crippen molar-refractivity contribution in [3.05, 3.63) is 205 Å². The van der Waals surface area contributed by atoms with Crippen molar-refractivity contribution in [1.82, 2.24) is 18.7 Å². The monoisotopic (exact) mass is 776 g/mol. The minimum Gasteiger partial charge on any atom is -0.305 e. The molecule has 6 nitrogen and oxygen atoms in total. The molecule has 0 aliphatic heterocycles. The molecule has 0 N–H and O–H groups in total. The molecule has 0 aliphatic carbocycles. The summed E-state index contributed by atoms with van der Waals surface area (Å²) in [5.74, 6) is 1.38. The maximum atomic E-state index is 11.2. The van der Waals surface area contributed by atoms with Crippen LogP contribution in [0.3, 0.4) is 0 Å². The van der Waals surface area contributed by atoms with Gasteiger partial charge in [0.05, 0.1) is 49.9 Å². The first-order valence-electron chi connectivity index (χ1n) is 20.3. The molecule has 4 aromatic heterocycles. The van der Waals surface area contributed by atoms with Crippen LogP contribution in [0.15, 0.2) is 194 Å². The van der Waals surface area contributed by atoms with Crippen LogP contribution in [0.5, 0.6) is 0 Å². The lowest BCUT2D eigenvalue weighted by molar-refractivity contribution is 0.987. The summed E-state index contributed by atoms with van der Waals surface area (Å²) in [6.45, 7) is 0. The van der Waals surface area contributed by atoms with Crippen LogP contribution in [0, 0.1) is 22.7 Å². The number of para-hydroxylation sites is 6. The summed E-state index contributed by atoms with van der Waals surface area (Å²) in [6, 6.07) is 71.7. The van der Waals surface area contributed by atoms with Gasteiger partial charge in [-0.3, -0.25) is 9.13 Å². The maximum absolute atomic E-state index is 11.2. The molecule has 61 heavy (non-hydrogen) atoms. The fourth-order valence-corrected chi connectivity index (χ4v) is 9.66. The normalized spacial score (nSPS) is 11.6. The SMILES string of the molecule is N#Cc1cccc(-c2c(-c3ccccc3)c(-n3c4ccccc4c4ccccc43)nc(-n3c4ccccc4c4ccccc43)c2-n2c3ccccc3c3ccccc32)c1C#N. The van der Waals surface area contributed by atoms with E-state index in [0.29, 0.717) is 28.3 Å². The van der Waals surface area contributed by atoms with E-state index in [4.69, 9.17) is 4.98 Å². The first-order valence-corrected chi connectivity index (χ1v) is 20.3. The molecule has 0 bridgehead atoms. The molecule has 12 rings (SSSR count). The van der Waals surface area contributed by atoms with E-state index in [1.54, 1.807) is 6.07 Å². The molecule has 8 aromatic carbocycles. The van der Waals surface area contributed by atoms with E-state index in [-0.39, 0.29) is 0 Å². The van der Waals surface area contributed by atoms with E-state index < -0.39 is 0 Å². The Morgan fingerprint density at radius 3 is 1.16 bits per heavy atom. The average Bonchev–Trinajstić information content (AvgIpc) is 3.97. The van der Waals surface area contributed by atoms with Crippen molar-refractivity contribution in [2.24, 2.45) is 0 Å². The number of hydrogen-bond donors (Lipinski definition) is 0. The molecular weight excluding hydrogens is 745 g/mol. The Balaban J connectivity index is 1.43. The number of aromatic nitrogens is 4. The molecular formula is C55H32N6. The van der Waals surface area contributed by atoms with Crippen molar-refractivity contribution in [2.45, 2.75) is 0 Å². The van der Waals surface area contributed by atoms with Gasteiger partial charge in [0.25, 0.3) is 0 Å². The second-order valence-corrected chi connectivity index (χ2v) is 15.3. The zero-order valence-corrected chi connectivity index (χ0v) is 32.7. The minimum absolute atomic E-state index is 0.303. The van der Waals surface area contributed by atoms with Gasteiger partial charge in [-0.2, -0.15) is 10.5 Å². The summed E-state index contributed by atoms with van der Waals surface area (Å²) in [4.78, 5) is 6.05. The lowest BCUT2D eigenvalue weighted by Crippen LogP contribution is -2.14. The fraction of sp³-hybridized carbons (Fsp3) is 0. The standard InChI is InChI=1S/C55H32N6/c56-33-36-19-16-26-43(44(36)34-57)52-51(35-17-2-1-3-18-35)54(60-47-29-12-6-22-39(47)40-23-7-13-30-48(40)60)58-55(61-49-31-14-8-24-41(49)42-25-9-15-32-50(42)61)53(52)59-45-27-10-4-20-37(45)38-21-5-11-28-46(38)59/h1-32H. The quantitative estimate of drug-likeness (QED) is 0.175. The molecule has 0 amide bonds. The number of fused-ring (bicyclic) bond motifs is 9. The minimum atomic E-state index is 0.303. The maximum Gasteiger partial charge on any atom is 0.165 e. The summed E-state index contributed by atoms with van der Waals surface area (Å²) >= 11 is 0. The van der Waals surface area contributed by atoms with Gasteiger partial charge in [0.1, 0.15) is 18.0 Å². The number of nitriles is 2. The molecule has 0 atom stereocenters. The van der Waals surface area contributed by atoms with Crippen LogP contribution in [0.25, 0.3) is 105 Å². The summed E-state index contributed by atoms with van der Waals surface area (Å²) in [5.41, 5.74) is 10.6. The van der Waals surface area contributed by atoms with Crippen molar-refractivity contribution in [1.29, 1.82) is 10.5 Å². The van der Waals surface area contributed by atoms with Gasteiger partial charge in [0.2, 0.25) is 0 Å². The van der Waals surface area contributed by atoms with Gasteiger partial charge in [0, 0.05) is 49.0 Å². The molecule has 0 saturated carbocycles. The smallest absolute Gasteiger partial charge is 0.165 e. The molecule has 12 aromatic rings. The third kappa shape index (κ3) is 4.91. The number of hydrogen-bond acceptors (Lipinski definition) is 3. The predicted octanol–water partition coefficient (Wildman–Crippen LogP) is 13.5. The Morgan fingerprint density at radius 1 is 0.344 bits per heavy atom. The zero-order chi connectivity index (χ0) is 40.6. The Kier molecular flexibility index (Phi) is 7.56. The molecule has 0 spiro atoms. The second-order valence-electron chi connectivity index (χ2n) is 15.3. The molecule has 0 fully saturated rings. The fourth-order valence-electron chi connectivity index (χ4n) is 9.66.